The van der Waals surface area contributed by atoms with E-state index in [9.17, 15) is 9.90 Å². The molecule has 0 spiro atoms. The van der Waals surface area contributed by atoms with Gasteiger partial charge in [-0.15, -0.1) is 0 Å². The Hall–Kier alpha value is -3.68. The summed E-state index contributed by atoms with van der Waals surface area (Å²) in [5, 5.41) is 13.1. The molecule has 4 rings (SSSR count). The zero-order valence-electron chi connectivity index (χ0n) is 13.2. The summed E-state index contributed by atoms with van der Waals surface area (Å²) in [5.74, 6) is 0.0399. The van der Waals surface area contributed by atoms with Gasteiger partial charge >= 0.3 is 5.97 Å². The second kappa shape index (κ2) is 5.75. The van der Waals surface area contributed by atoms with Crippen LogP contribution < -0.4 is 10.1 Å². The van der Waals surface area contributed by atoms with Crippen LogP contribution in [0, 0.1) is 0 Å². The number of aromatic nitrogens is 4. The van der Waals surface area contributed by atoms with Gasteiger partial charge in [0.1, 0.15) is 5.75 Å². The van der Waals surface area contributed by atoms with Crippen molar-refractivity contribution in [3.63, 3.8) is 0 Å². The largest absolute Gasteiger partial charge is 0.497 e. The fourth-order valence-corrected chi connectivity index (χ4v) is 2.58. The van der Waals surface area contributed by atoms with Gasteiger partial charge in [-0.2, -0.15) is 0 Å². The number of nitrogens with one attached hydrogen (secondary N) is 1. The lowest BCUT2D eigenvalue weighted by atomic mass is 10.3. The number of carboxylic acids is 1. The molecule has 0 unspecified atom stereocenters. The van der Waals surface area contributed by atoms with Gasteiger partial charge in [0, 0.05) is 30.3 Å². The number of anilines is 2. The fourth-order valence-electron chi connectivity index (χ4n) is 2.58. The van der Waals surface area contributed by atoms with Crippen molar-refractivity contribution >= 4 is 34.2 Å². The Bertz CT molecular complexity index is 1110. The quantitative estimate of drug-likeness (QED) is 0.591. The average Bonchev–Trinajstić information content (AvgIpc) is 3.08. The van der Waals surface area contributed by atoms with Gasteiger partial charge < -0.3 is 15.2 Å². The number of fused-ring (bicyclic) bond motifs is 3. The Balaban J connectivity index is 1.92. The predicted molar refractivity (Wildman–Crippen MR) is 91.5 cm³/mol. The zero-order valence-corrected chi connectivity index (χ0v) is 13.2. The number of nitrogens with zero attached hydrogens (tertiary/aromatic N) is 4. The van der Waals surface area contributed by atoms with Gasteiger partial charge in [0.25, 0.3) is 0 Å². The highest BCUT2D eigenvalue weighted by molar-refractivity contribution is 5.95. The zero-order chi connectivity index (χ0) is 17.4. The number of methoxy groups -OCH3 is 1. The van der Waals surface area contributed by atoms with Crippen LogP contribution in [0.2, 0.25) is 0 Å². The van der Waals surface area contributed by atoms with Crippen LogP contribution >= 0.6 is 0 Å². The number of aromatic carboxylic acids is 1. The smallest absolute Gasteiger partial charge is 0.356 e. The van der Waals surface area contributed by atoms with E-state index in [4.69, 9.17) is 4.74 Å². The third-order valence-corrected chi connectivity index (χ3v) is 3.74. The van der Waals surface area contributed by atoms with Gasteiger partial charge in [-0.1, -0.05) is 6.07 Å². The van der Waals surface area contributed by atoms with Gasteiger partial charge in [0.15, 0.2) is 11.3 Å². The van der Waals surface area contributed by atoms with E-state index in [1.807, 2.05) is 24.3 Å². The number of carboxylic acid groups (broad SMARTS) is 1. The Kier molecular flexibility index (Phi) is 3.42. The first kappa shape index (κ1) is 14.9. The lowest BCUT2D eigenvalue weighted by Crippen LogP contribution is -2.02. The molecule has 0 aliphatic heterocycles. The molecule has 0 radical (unpaired) electrons. The van der Waals surface area contributed by atoms with E-state index in [-0.39, 0.29) is 5.69 Å². The predicted octanol–water partition coefficient (Wildman–Crippen LogP) is 2.73. The van der Waals surface area contributed by atoms with E-state index in [2.05, 4.69) is 20.3 Å². The van der Waals surface area contributed by atoms with Crippen LogP contribution in [-0.2, 0) is 0 Å². The summed E-state index contributed by atoms with van der Waals surface area (Å²) < 4.78 is 6.82. The van der Waals surface area contributed by atoms with Crippen LogP contribution in [0.5, 0.6) is 5.75 Å². The molecule has 8 heteroatoms. The van der Waals surface area contributed by atoms with Crippen LogP contribution in [0.25, 0.3) is 16.6 Å². The standard InChI is InChI=1S/C17H13N5O3/c1-25-11-4-2-3-10(7-11)19-17-21-13-5-6-18-8-12(13)15-20-14(16(23)24)9-22(15)17/h2-9H,1H3,(H,19,21)(H,23,24). The Labute approximate surface area is 141 Å². The summed E-state index contributed by atoms with van der Waals surface area (Å²) in [6, 6.07) is 9.11. The molecule has 4 aromatic rings. The molecule has 0 aliphatic rings. The number of rotatable bonds is 4. The lowest BCUT2D eigenvalue weighted by Gasteiger charge is -2.10. The van der Waals surface area contributed by atoms with Crippen molar-refractivity contribution in [2.45, 2.75) is 0 Å². The highest BCUT2D eigenvalue weighted by atomic mass is 16.5. The molecular formula is C17H13N5O3. The third kappa shape index (κ3) is 2.59. The maximum absolute atomic E-state index is 11.3. The molecule has 0 saturated heterocycles. The van der Waals surface area contributed by atoms with E-state index in [0.717, 1.165) is 5.69 Å². The molecule has 0 fully saturated rings. The topological polar surface area (TPSA) is 102 Å². The molecule has 0 saturated carbocycles. The minimum Gasteiger partial charge on any atom is -0.497 e. The summed E-state index contributed by atoms with van der Waals surface area (Å²) in [4.78, 5) is 24.1. The molecule has 25 heavy (non-hydrogen) atoms. The molecule has 124 valence electrons. The first-order chi connectivity index (χ1) is 12.2. The molecule has 1 aromatic carbocycles. The number of carbonyl (C=O) groups is 1. The number of imidazole rings is 1. The molecular weight excluding hydrogens is 322 g/mol. The summed E-state index contributed by atoms with van der Waals surface area (Å²) >= 11 is 0. The van der Waals surface area contributed by atoms with Crippen molar-refractivity contribution in [1.82, 2.24) is 19.4 Å². The van der Waals surface area contributed by atoms with Crippen molar-refractivity contribution in [3.8, 4) is 5.75 Å². The van der Waals surface area contributed by atoms with Crippen molar-refractivity contribution < 1.29 is 14.6 Å². The van der Waals surface area contributed by atoms with Gasteiger partial charge in [-0.3, -0.25) is 9.38 Å². The number of hydrogen-bond acceptors (Lipinski definition) is 6. The van der Waals surface area contributed by atoms with Gasteiger partial charge in [-0.05, 0) is 18.2 Å². The van der Waals surface area contributed by atoms with Crippen molar-refractivity contribution in [1.29, 1.82) is 0 Å². The highest BCUT2D eigenvalue weighted by Crippen LogP contribution is 2.25. The summed E-state index contributed by atoms with van der Waals surface area (Å²) in [6.45, 7) is 0. The Morgan fingerprint density at radius 2 is 2.16 bits per heavy atom. The Morgan fingerprint density at radius 1 is 1.28 bits per heavy atom. The number of hydrogen-bond donors (Lipinski definition) is 2. The molecule has 3 aromatic heterocycles. The van der Waals surface area contributed by atoms with Crippen molar-refractivity contribution in [2.75, 3.05) is 12.4 Å². The van der Waals surface area contributed by atoms with E-state index >= 15 is 0 Å². The second-order valence-corrected chi connectivity index (χ2v) is 5.31. The van der Waals surface area contributed by atoms with E-state index in [1.54, 1.807) is 30.0 Å². The minimum absolute atomic E-state index is 0.0631. The third-order valence-electron chi connectivity index (χ3n) is 3.74. The molecule has 0 aliphatic carbocycles. The fraction of sp³-hybridized carbons (Fsp3) is 0.0588. The summed E-state index contributed by atoms with van der Waals surface area (Å²) in [5.41, 5.74) is 1.83. The van der Waals surface area contributed by atoms with Gasteiger partial charge in [0.2, 0.25) is 5.95 Å². The monoisotopic (exact) mass is 335 g/mol. The number of benzene rings is 1. The molecule has 3 heterocycles. The minimum atomic E-state index is -1.10. The van der Waals surface area contributed by atoms with Crippen LogP contribution in [0.1, 0.15) is 10.5 Å². The molecule has 0 bridgehead atoms. The molecule has 0 amide bonds. The first-order valence-electron chi connectivity index (χ1n) is 7.43. The van der Waals surface area contributed by atoms with Crippen LogP contribution in [-0.4, -0.2) is 37.5 Å². The maximum Gasteiger partial charge on any atom is 0.356 e. The normalized spacial score (nSPS) is 10.9. The second-order valence-electron chi connectivity index (χ2n) is 5.31. The van der Waals surface area contributed by atoms with Crippen molar-refractivity contribution in [3.05, 3.63) is 54.6 Å². The number of pyridine rings is 1. The summed E-state index contributed by atoms with van der Waals surface area (Å²) in [7, 11) is 1.59. The highest BCUT2D eigenvalue weighted by Gasteiger charge is 2.15. The van der Waals surface area contributed by atoms with Gasteiger partial charge in [0.05, 0.1) is 18.0 Å². The van der Waals surface area contributed by atoms with E-state index in [0.29, 0.717) is 28.2 Å². The molecule has 8 nitrogen and oxygen atoms in total. The molecule has 2 N–H and O–H groups in total. The number of ether oxygens (including phenoxy) is 1. The summed E-state index contributed by atoms with van der Waals surface area (Å²) in [6.07, 6.45) is 4.67. The SMILES string of the molecule is COc1cccc(Nc2nc3ccncc3c3nc(C(=O)O)cn23)c1. The van der Waals surface area contributed by atoms with Gasteiger partial charge in [-0.25, -0.2) is 14.8 Å². The molecule has 0 atom stereocenters. The first-order valence-corrected chi connectivity index (χ1v) is 7.43. The van der Waals surface area contributed by atoms with Crippen LogP contribution in [0.15, 0.2) is 48.9 Å². The van der Waals surface area contributed by atoms with E-state index in [1.165, 1.54) is 6.20 Å². The van der Waals surface area contributed by atoms with Crippen LogP contribution in [0.3, 0.4) is 0 Å². The Morgan fingerprint density at radius 3 is 2.96 bits per heavy atom. The lowest BCUT2D eigenvalue weighted by molar-refractivity contribution is 0.0691. The van der Waals surface area contributed by atoms with E-state index < -0.39 is 5.97 Å². The van der Waals surface area contributed by atoms with Crippen molar-refractivity contribution in [2.24, 2.45) is 0 Å². The average molecular weight is 335 g/mol. The van der Waals surface area contributed by atoms with Crippen LogP contribution in [0.4, 0.5) is 11.6 Å². The maximum atomic E-state index is 11.3.